The van der Waals surface area contributed by atoms with Gasteiger partial charge in [0.2, 0.25) is 0 Å². The Balaban J connectivity index is 2.63. The lowest BCUT2D eigenvalue weighted by atomic mass is 10.0. The molecule has 1 aromatic heterocycles. The molecule has 0 aliphatic carbocycles. The predicted octanol–water partition coefficient (Wildman–Crippen LogP) is 0.670. The Kier molecular flexibility index (Phi) is 1.49. The second kappa shape index (κ2) is 2.34. The van der Waals surface area contributed by atoms with E-state index >= 15 is 0 Å². The number of amides is 1. The molecule has 2 heterocycles. The van der Waals surface area contributed by atoms with Crippen LogP contribution in [0.4, 0.5) is 0 Å². The molecule has 0 spiro atoms. The van der Waals surface area contributed by atoms with Crippen molar-refractivity contribution in [3.8, 4) is 0 Å². The van der Waals surface area contributed by atoms with Crippen LogP contribution < -0.4 is 5.32 Å². The first kappa shape index (κ1) is 8.29. The van der Waals surface area contributed by atoms with E-state index in [0.717, 1.165) is 5.56 Å². The summed E-state index contributed by atoms with van der Waals surface area (Å²) in [5, 5.41) is 7.07. The number of carbonyl (C=O) groups is 1. The number of aryl methyl sites for hydroxylation is 1. The van der Waals surface area contributed by atoms with Crippen LogP contribution in [0.25, 0.3) is 0 Å². The number of hydrogen-bond donors (Lipinski definition) is 1. The lowest BCUT2D eigenvalue weighted by Gasteiger charge is -2.31. The van der Waals surface area contributed by atoms with Crippen LogP contribution in [0, 0.1) is 6.92 Å². The van der Waals surface area contributed by atoms with E-state index in [1.54, 1.807) is 10.9 Å². The summed E-state index contributed by atoms with van der Waals surface area (Å²) in [6.07, 6.45) is 1.74. The Morgan fingerprint density at radius 3 is 2.92 bits per heavy atom. The molecule has 1 N–H and O–H groups in total. The molecule has 0 unspecified atom stereocenters. The third kappa shape index (κ3) is 1.05. The first-order chi connectivity index (χ1) is 6.02. The number of nitrogens with one attached hydrogen (secondary N) is 1. The molecule has 1 amide bonds. The highest BCUT2D eigenvalue weighted by atomic mass is 16.2. The molecule has 0 saturated heterocycles. The molecule has 4 heteroatoms. The fraction of sp³-hybridized carbons (Fsp3) is 0.556. The van der Waals surface area contributed by atoms with E-state index in [-0.39, 0.29) is 11.4 Å². The largest absolute Gasteiger partial charge is 0.348 e. The number of carbonyl (C=O) groups excluding carboxylic acids is 1. The molecule has 1 aliphatic heterocycles. The van der Waals surface area contributed by atoms with Crippen molar-refractivity contribution < 1.29 is 4.79 Å². The molecule has 0 bridgehead atoms. The second-order valence-corrected chi connectivity index (χ2v) is 4.08. The summed E-state index contributed by atoms with van der Waals surface area (Å²) in [7, 11) is 0. The second-order valence-electron chi connectivity index (χ2n) is 4.08. The van der Waals surface area contributed by atoms with Gasteiger partial charge >= 0.3 is 0 Å². The molecule has 70 valence electrons. The number of nitrogens with zero attached hydrogens (tertiary/aromatic N) is 2. The van der Waals surface area contributed by atoms with Crippen molar-refractivity contribution in [2.75, 3.05) is 6.54 Å². The van der Waals surface area contributed by atoms with Crippen LogP contribution in [-0.2, 0) is 5.54 Å². The van der Waals surface area contributed by atoms with Gasteiger partial charge in [-0.2, -0.15) is 5.10 Å². The molecular formula is C9H13N3O. The average Bonchev–Trinajstić information content (AvgIpc) is 2.42. The monoisotopic (exact) mass is 179 g/mol. The lowest BCUT2D eigenvalue weighted by Crippen LogP contribution is -2.48. The van der Waals surface area contributed by atoms with Gasteiger partial charge in [0, 0.05) is 12.1 Å². The third-order valence-corrected chi connectivity index (χ3v) is 2.42. The van der Waals surface area contributed by atoms with Crippen molar-refractivity contribution in [2.45, 2.75) is 26.3 Å². The molecule has 0 fully saturated rings. The Bertz CT molecular complexity index is 365. The van der Waals surface area contributed by atoms with Gasteiger partial charge < -0.3 is 5.32 Å². The number of aromatic nitrogens is 2. The Labute approximate surface area is 76.9 Å². The fourth-order valence-corrected chi connectivity index (χ4v) is 1.62. The van der Waals surface area contributed by atoms with Gasteiger partial charge in [-0.15, -0.1) is 0 Å². The maximum absolute atomic E-state index is 11.5. The van der Waals surface area contributed by atoms with Crippen LogP contribution in [0.15, 0.2) is 6.20 Å². The fourth-order valence-electron chi connectivity index (χ4n) is 1.62. The molecule has 0 radical (unpaired) electrons. The molecule has 2 rings (SSSR count). The van der Waals surface area contributed by atoms with Gasteiger partial charge in [0.15, 0.2) is 0 Å². The summed E-state index contributed by atoms with van der Waals surface area (Å²) in [5.41, 5.74) is 1.51. The number of rotatable bonds is 0. The molecule has 13 heavy (non-hydrogen) atoms. The van der Waals surface area contributed by atoms with Crippen LogP contribution >= 0.6 is 0 Å². The predicted molar refractivity (Wildman–Crippen MR) is 48.6 cm³/mol. The van der Waals surface area contributed by atoms with Gasteiger partial charge in [0.05, 0.1) is 11.7 Å². The van der Waals surface area contributed by atoms with Gasteiger partial charge in [-0.3, -0.25) is 9.48 Å². The van der Waals surface area contributed by atoms with Gasteiger partial charge in [-0.05, 0) is 20.8 Å². The molecule has 0 aromatic carbocycles. The highest BCUT2D eigenvalue weighted by molar-refractivity contribution is 5.94. The van der Waals surface area contributed by atoms with E-state index in [9.17, 15) is 4.79 Å². The van der Waals surface area contributed by atoms with Crippen LogP contribution in [0.2, 0.25) is 0 Å². The Hall–Kier alpha value is -1.32. The van der Waals surface area contributed by atoms with Gasteiger partial charge in [0.1, 0.15) is 5.69 Å². The zero-order valence-corrected chi connectivity index (χ0v) is 8.09. The zero-order chi connectivity index (χ0) is 9.64. The standard InChI is InChI=1S/C9H13N3O/c1-6-4-11-12-7(6)8(13)10-5-9(12,2)3/h4H,5H2,1-3H3,(H,10,13). The molecule has 0 atom stereocenters. The van der Waals surface area contributed by atoms with E-state index in [4.69, 9.17) is 0 Å². The van der Waals surface area contributed by atoms with E-state index in [0.29, 0.717) is 12.2 Å². The van der Waals surface area contributed by atoms with Crippen molar-refractivity contribution >= 4 is 5.91 Å². The summed E-state index contributed by atoms with van der Waals surface area (Å²) >= 11 is 0. The summed E-state index contributed by atoms with van der Waals surface area (Å²) in [4.78, 5) is 11.5. The summed E-state index contributed by atoms with van der Waals surface area (Å²) in [5.74, 6) is -0.0191. The molecule has 4 nitrogen and oxygen atoms in total. The first-order valence-corrected chi connectivity index (χ1v) is 4.36. The summed E-state index contributed by atoms with van der Waals surface area (Å²) in [6, 6.07) is 0. The van der Waals surface area contributed by atoms with Gasteiger partial charge in [0.25, 0.3) is 5.91 Å². The van der Waals surface area contributed by atoms with Crippen LogP contribution in [-0.4, -0.2) is 22.2 Å². The smallest absolute Gasteiger partial charge is 0.269 e. The lowest BCUT2D eigenvalue weighted by molar-refractivity contribution is 0.0876. The van der Waals surface area contributed by atoms with E-state index in [1.165, 1.54) is 0 Å². The summed E-state index contributed by atoms with van der Waals surface area (Å²) in [6.45, 7) is 6.66. The van der Waals surface area contributed by atoms with Crippen molar-refractivity contribution in [1.82, 2.24) is 15.1 Å². The van der Waals surface area contributed by atoms with Crippen LogP contribution in [0.3, 0.4) is 0 Å². The highest BCUT2D eigenvalue weighted by Gasteiger charge is 2.32. The summed E-state index contributed by atoms with van der Waals surface area (Å²) < 4.78 is 1.81. The van der Waals surface area contributed by atoms with Crippen molar-refractivity contribution in [3.63, 3.8) is 0 Å². The minimum absolute atomic E-state index is 0.0191. The number of hydrogen-bond acceptors (Lipinski definition) is 2. The zero-order valence-electron chi connectivity index (χ0n) is 8.09. The maximum atomic E-state index is 11.5. The van der Waals surface area contributed by atoms with E-state index < -0.39 is 0 Å². The molecule has 1 aliphatic rings. The quantitative estimate of drug-likeness (QED) is 0.636. The number of fused-ring (bicyclic) bond motifs is 1. The van der Waals surface area contributed by atoms with Crippen LogP contribution in [0.1, 0.15) is 29.9 Å². The average molecular weight is 179 g/mol. The van der Waals surface area contributed by atoms with Gasteiger partial charge in [-0.25, -0.2) is 0 Å². The van der Waals surface area contributed by atoms with Crippen molar-refractivity contribution in [1.29, 1.82) is 0 Å². The Morgan fingerprint density at radius 2 is 2.31 bits per heavy atom. The maximum Gasteiger partial charge on any atom is 0.269 e. The Morgan fingerprint density at radius 1 is 1.62 bits per heavy atom. The minimum Gasteiger partial charge on any atom is -0.348 e. The highest BCUT2D eigenvalue weighted by Crippen LogP contribution is 2.22. The van der Waals surface area contributed by atoms with Gasteiger partial charge in [-0.1, -0.05) is 0 Å². The minimum atomic E-state index is -0.114. The molecule has 0 saturated carbocycles. The third-order valence-electron chi connectivity index (χ3n) is 2.42. The van der Waals surface area contributed by atoms with Crippen molar-refractivity contribution in [3.05, 3.63) is 17.5 Å². The molecule has 1 aromatic rings. The molecular weight excluding hydrogens is 166 g/mol. The van der Waals surface area contributed by atoms with Crippen molar-refractivity contribution in [2.24, 2.45) is 0 Å². The topological polar surface area (TPSA) is 46.9 Å². The SMILES string of the molecule is Cc1cnn2c1C(=O)NCC2(C)C. The van der Waals surface area contributed by atoms with E-state index in [1.807, 2.05) is 6.92 Å². The first-order valence-electron chi connectivity index (χ1n) is 4.36. The van der Waals surface area contributed by atoms with E-state index in [2.05, 4.69) is 24.3 Å². The normalized spacial score (nSPS) is 19.5. The van der Waals surface area contributed by atoms with Crippen LogP contribution in [0.5, 0.6) is 0 Å².